The van der Waals surface area contributed by atoms with Crippen molar-refractivity contribution in [2.24, 2.45) is 5.92 Å². The number of aromatic nitrogens is 3. The van der Waals surface area contributed by atoms with Gasteiger partial charge in [-0.15, -0.1) is 10.2 Å². The molecule has 0 spiro atoms. The van der Waals surface area contributed by atoms with Gasteiger partial charge in [-0.2, -0.15) is 0 Å². The quantitative estimate of drug-likeness (QED) is 0.872. The van der Waals surface area contributed by atoms with Crippen LogP contribution in [0.5, 0.6) is 0 Å². The Labute approximate surface area is 152 Å². The first kappa shape index (κ1) is 17.0. The summed E-state index contributed by atoms with van der Waals surface area (Å²) in [5, 5.41) is 11.6. The fourth-order valence-electron chi connectivity index (χ4n) is 3.37. The first-order chi connectivity index (χ1) is 12.5. The second-order valence-corrected chi connectivity index (χ2v) is 7.32. The molecule has 1 aliphatic heterocycles. The fourth-order valence-corrected chi connectivity index (χ4v) is 3.37. The monoisotopic (exact) mass is 356 g/mol. The SMILES string of the molecule is CC(=O)N1CCN(C)C(c2nnc3ccc(C(=O)NCC4CC4)cn23)C1. The average Bonchev–Trinajstić information content (AvgIpc) is 3.37. The van der Waals surface area contributed by atoms with Crippen LogP contribution in [-0.2, 0) is 4.79 Å². The summed E-state index contributed by atoms with van der Waals surface area (Å²) in [6.07, 6.45) is 4.21. The smallest absolute Gasteiger partial charge is 0.252 e. The molecular weight excluding hydrogens is 332 g/mol. The first-order valence-electron chi connectivity index (χ1n) is 9.11. The van der Waals surface area contributed by atoms with Gasteiger partial charge in [0.25, 0.3) is 5.91 Å². The van der Waals surface area contributed by atoms with Crippen LogP contribution in [0.1, 0.15) is 42.0 Å². The van der Waals surface area contributed by atoms with E-state index in [1.807, 2.05) is 22.4 Å². The number of carbonyl (C=O) groups excluding carboxylic acids is 2. The van der Waals surface area contributed by atoms with E-state index in [1.165, 1.54) is 12.8 Å². The molecule has 8 heteroatoms. The molecule has 3 heterocycles. The van der Waals surface area contributed by atoms with Gasteiger partial charge in [-0.25, -0.2) is 0 Å². The lowest BCUT2D eigenvalue weighted by atomic mass is 10.1. The average molecular weight is 356 g/mol. The van der Waals surface area contributed by atoms with Crippen molar-refractivity contribution in [3.8, 4) is 0 Å². The number of rotatable bonds is 4. The third-order valence-corrected chi connectivity index (χ3v) is 5.33. The molecule has 0 radical (unpaired) electrons. The van der Waals surface area contributed by atoms with E-state index >= 15 is 0 Å². The van der Waals surface area contributed by atoms with Crippen LogP contribution in [0.15, 0.2) is 18.3 Å². The molecule has 2 fully saturated rings. The fraction of sp³-hybridized carbons (Fsp3) is 0.556. The van der Waals surface area contributed by atoms with E-state index in [4.69, 9.17) is 0 Å². The zero-order valence-electron chi connectivity index (χ0n) is 15.2. The molecule has 2 amide bonds. The summed E-state index contributed by atoms with van der Waals surface area (Å²) in [6, 6.07) is 3.55. The maximum Gasteiger partial charge on any atom is 0.252 e. The Morgan fingerprint density at radius 1 is 1.23 bits per heavy atom. The van der Waals surface area contributed by atoms with E-state index in [9.17, 15) is 9.59 Å². The normalized spacial score (nSPS) is 21.2. The van der Waals surface area contributed by atoms with Gasteiger partial charge in [0.2, 0.25) is 5.91 Å². The van der Waals surface area contributed by atoms with Crippen LogP contribution >= 0.6 is 0 Å². The Kier molecular flexibility index (Phi) is 4.36. The number of fused-ring (bicyclic) bond motifs is 1. The lowest BCUT2D eigenvalue weighted by Crippen LogP contribution is -2.48. The molecule has 1 saturated heterocycles. The zero-order chi connectivity index (χ0) is 18.3. The first-order valence-corrected chi connectivity index (χ1v) is 9.11. The molecule has 1 N–H and O–H groups in total. The number of carbonyl (C=O) groups is 2. The minimum Gasteiger partial charge on any atom is -0.352 e. The van der Waals surface area contributed by atoms with Crippen LogP contribution in [0.3, 0.4) is 0 Å². The molecule has 1 atom stereocenters. The van der Waals surface area contributed by atoms with E-state index in [1.54, 1.807) is 19.2 Å². The molecule has 0 aromatic carbocycles. The van der Waals surface area contributed by atoms with Crippen molar-refractivity contribution in [2.75, 3.05) is 33.2 Å². The maximum absolute atomic E-state index is 12.4. The van der Waals surface area contributed by atoms with Crippen molar-refractivity contribution in [2.45, 2.75) is 25.8 Å². The maximum atomic E-state index is 12.4. The number of amides is 2. The molecule has 1 aliphatic carbocycles. The number of hydrogen-bond acceptors (Lipinski definition) is 5. The summed E-state index contributed by atoms with van der Waals surface area (Å²) in [5.41, 5.74) is 1.30. The van der Waals surface area contributed by atoms with E-state index in [0.29, 0.717) is 30.2 Å². The minimum absolute atomic E-state index is 0.0487. The summed E-state index contributed by atoms with van der Waals surface area (Å²) < 4.78 is 1.87. The van der Waals surface area contributed by atoms with Gasteiger partial charge in [0.1, 0.15) is 0 Å². The van der Waals surface area contributed by atoms with Crippen molar-refractivity contribution in [3.63, 3.8) is 0 Å². The Morgan fingerprint density at radius 3 is 2.77 bits per heavy atom. The van der Waals surface area contributed by atoms with Crippen LogP contribution in [0, 0.1) is 5.92 Å². The predicted octanol–water partition coefficient (Wildman–Crippen LogP) is 0.704. The van der Waals surface area contributed by atoms with Gasteiger partial charge in [0, 0.05) is 39.3 Å². The van der Waals surface area contributed by atoms with Gasteiger partial charge in [-0.1, -0.05) is 0 Å². The summed E-state index contributed by atoms with van der Waals surface area (Å²) in [5.74, 6) is 1.39. The molecule has 2 aromatic rings. The second-order valence-electron chi connectivity index (χ2n) is 7.32. The molecule has 2 aromatic heterocycles. The highest BCUT2D eigenvalue weighted by molar-refractivity contribution is 5.94. The largest absolute Gasteiger partial charge is 0.352 e. The molecule has 4 rings (SSSR count). The lowest BCUT2D eigenvalue weighted by molar-refractivity contribution is -0.131. The van der Waals surface area contributed by atoms with Crippen molar-refractivity contribution >= 4 is 17.5 Å². The van der Waals surface area contributed by atoms with Crippen molar-refractivity contribution in [3.05, 3.63) is 29.7 Å². The van der Waals surface area contributed by atoms with E-state index in [0.717, 1.165) is 18.9 Å². The molecule has 1 unspecified atom stereocenters. The lowest BCUT2D eigenvalue weighted by Gasteiger charge is -2.38. The number of likely N-dealkylation sites (N-methyl/N-ethyl adjacent to an activating group) is 1. The number of piperazine rings is 1. The van der Waals surface area contributed by atoms with Crippen LogP contribution < -0.4 is 5.32 Å². The third-order valence-electron chi connectivity index (χ3n) is 5.33. The number of nitrogens with zero attached hydrogens (tertiary/aromatic N) is 5. The summed E-state index contributed by atoms with van der Waals surface area (Å²) in [6.45, 7) is 4.40. The topological polar surface area (TPSA) is 82.8 Å². The number of pyridine rings is 1. The molecule has 0 bridgehead atoms. The van der Waals surface area contributed by atoms with Crippen LogP contribution in [-0.4, -0.2) is 69.4 Å². The second kappa shape index (κ2) is 6.68. The minimum atomic E-state index is -0.0687. The van der Waals surface area contributed by atoms with Crippen LogP contribution in [0.4, 0.5) is 0 Å². The Morgan fingerprint density at radius 2 is 2.04 bits per heavy atom. The van der Waals surface area contributed by atoms with Crippen molar-refractivity contribution < 1.29 is 9.59 Å². The molecule has 26 heavy (non-hydrogen) atoms. The molecule has 138 valence electrons. The molecule has 8 nitrogen and oxygen atoms in total. The Hall–Kier alpha value is -2.48. The summed E-state index contributed by atoms with van der Waals surface area (Å²) >= 11 is 0. The van der Waals surface area contributed by atoms with Gasteiger partial charge in [0.15, 0.2) is 11.5 Å². The van der Waals surface area contributed by atoms with E-state index in [-0.39, 0.29) is 17.9 Å². The van der Waals surface area contributed by atoms with Crippen LogP contribution in [0.2, 0.25) is 0 Å². The van der Waals surface area contributed by atoms with Crippen LogP contribution in [0.25, 0.3) is 5.65 Å². The predicted molar refractivity (Wildman–Crippen MR) is 95.7 cm³/mol. The van der Waals surface area contributed by atoms with Gasteiger partial charge in [-0.05, 0) is 37.9 Å². The molecule has 2 aliphatic rings. The van der Waals surface area contributed by atoms with Gasteiger partial charge >= 0.3 is 0 Å². The third kappa shape index (κ3) is 3.29. The highest BCUT2D eigenvalue weighted by Crippen LogP contribution is 2.27. The molecular formula is C18H24N6O2. The van der Waals surface area contributed by atoms with Gasteiger partial charge in [-0.3, -0.25) is 18.9 Å². The van der Waals surface area contributed by atoms with E-state index in [2.05, 4.69) is 20.4 Å². The van der Waals surface area contributed by atoms with E-state index < -0.39 is 0 Å². The summed E-state index contributed by atoms with van der Waals surface area (Å²) in [7, 11) is 2.02. The Bertz CT molecular complexity index is 843. The molecule has 1 saturated carbocycles. The van der Waals surface area contributed by atoms with Crippen molar-refractivity contribution in [1.29, 1.82) is 0 Å². The van der Waals surface area contributed by atoms with Crippen molar-refractivity contribution in [1.82, 2.24) is 29.7 Å². The Balaban J connectivity index is 1.61. The van der Waals surface area contributed by atoms with Gasteiger partial charge in [0.05, 0.1) is 11.6 Å². The highest BCUT2D eigenvalue weighted by Gasteiger charge is 2.30. The number of nitrogens with one attached hydrogen (secondary N) is 1. The van der Waals surface area contributed by atoms with Gasteiger partial charge < -0.3 is 10.2 Å². The summed E-state index contributed by atoms with van der Waals surface area (Å²) in [4.78, 5) is 28.2. The standard InChI is InChI=1S/C18H24N6O2/c1-12(25)23-8-7-22(2)15(11-23)17-21-20-16-6-5-14(10-24(16)17)18(26)19-9-13-3-4-13/h5-6,10,13,15H,3-4,7-9,11H2,1-2H3,(H,19,26). The zero-order valence-corrected chi connectivity index (χ0v) is 15.2. The highest BCUT2D eigenvalue weighted by atomic mass is 16.2. The number of hydrogen-bond donors (Lipinski definition) is 1.